The zero-order valence-corrected chi connectivity index (χ0v) is 17.9. The van der Waals surface area contributed by atoms with E-state index in [-0.39, 0.29) is 18.0 Å². The van der Waals surface area contributed by atoms with E-state index >= 15 is 0 Å². The lowest BCUT2D eigenvalue weighted by Gasteiger charge is -2.40. The lowest BCUT2D eigenvalue weighted by molar-refractivity contribution is -0.135. The summed E-state index contributed by atoms with van der Waals surface area (Å²) >= 11 is 3.46. The smallest absolute Gasteiger partial charge is 0.410 e. The minimum atomic E-state index is -0.504. The number of benzene rings is 1. The van der Waals surface area contributed by atoms with Crippen molar-refractivity contribution >= 4 is 27.9 Å². The van der Waals surface area contributed by atoms with Gasteiger partial charge in [0.25, 0.3) is 0 Å². The van der Waals surface area contributed by atoms with Crippen molar-refractivity contribution in [2.75, 3.05) is 19.6 Å². The number of carbonyl (C=O) groups is 2. The molecule has 0 N–H and O–H groups in total. The number of rotatable bonds is 3. The van der Waals surface area contributed by atoms with Crippen molar-refractivity contribution in [2.45, 2.75) is 59.1 Å². The lowest BCUT2D eigenvalue weighted by atomic mass is 10.0. The molecule has 1 unspecified atom stereocenters. The molecular formula is C20H29BrN2O3. The zero-order valence-electron chi connectivity index (χ0n) is 16.3. The van der Waals surface area contributed by atoms with Crippen molar-refractivity contribution in [3.63, 3.8) is 0 Å². The molecule has 0 aliphatic carbocycles. The fourth-order valence-electron chi connectivity index (χ4n) is 3.15. The summed E-state index contributed by atoms with van der Waals surface area (Å²) < 4.78 is 6.48. The van der Waals surface area contributed by atoms with E-state index in [9.17, 15) is 9.59 Å². The Bertz CT molecular complexity index is 670. The average molecular weight is 425 g/mol. The first-order chi connectivity index (χ1) is 12.1. The molecule has 0 aromatic heterocycles. The molecule has 0 spiro atoms. The number of ether oxygens (including phenoxy) is 1. The van der Waals surface area contributed by atoms with E-state index in [1.807, 2.05) is 38.7 Å². The van der Waals surface area contributed by atoms with Crippen LogP contribution in [0.5, 0.6) is 0 Å². The summed E-state index contributed by atoms with van der Waals surface area (Å²) in [6.07, 6.45) is 0.915. The van der Waals surface area contributed by atoms with Crippen LogP contribution in [0.4, 0.5) is 4.79 Å². The number of carbonyl (C=O) groups excluding carboxylic acids is 2. The van der Waals surface area contributed by atoms with Crippen LogP contribution < -0.4 is 0 Å². The summed E-state index contributed by atoms with van der Waals surface area (Å²) in [5, 5.41) is 0. The van der Waals surface area contributed by atoms with Crippen LogP contribution in [0, 0.1) is 6.92 Å². The number of halogens is 1. The van der Waals surface area contributed by atoms with Crippen molar-refractivity contribution in [3.05, 3.63) is 33.8 Å². The van der Waals surface area contributed by atoms with Gasteiger partial charge in [-0.15, -0.1) is 0 Å². The predicted molar refractivity (Wildman–Crippen MR) is 106 cm³/mol. The zero-order chi connectivity index (χ0) is 19.5. The van der Waals surface area contributed by atoms with Crippen molar-refractivity contribution in [2.24, 2.45) is 0 Å². The second-order valence-corrected chi connectivity index (χ2v) is 8.85. The molecule has 1 fully saturated rings. The van der Waals surface area contributed by atoms with Crippen molar-refractivity contribution in [3.8, 4) is 0 Å². The van der Waals surface area contributed by atoms with Gasteiger partial charge >= 0.3 is 6.09 Å². The van der Waals surface area contributed by atoms with Crippen LogP contribution in [0.1, 0.15) is 45.2 Å². The molecule has 1 aliphatic rings. The Kier molecular flexibility index (Phi) is 6.72. The third-order valence-electron chi connectivity index (χ3n) is 4.51. The molecule has 1 heterocycles. The second kappa shape index (κ2) is 8.42. The average Bonchev–Trinajstić information content (AvgIpc) is 2.52. The van der Waals surface area contributed by atoms with Crippen molar-refractivity contribution in [1.82, 2.24) is 9.80 Å². The number of hydrogen-bond acceptors (Lipinski definition) is 3. The SMILES string of the molecule is Cc1cc(Br)ccc1CCC(=O)N1CCN(C(=O)OC(C)(C)C)CC1C. The van der Waals surface area contributed by atoms with Gasteiger partial charge in [0.15, 0.2) is 0 Å². The van der Waals surface area contributed by atoms with Crippen molar-refractivity contribution < 1.29 is 14.3 Å². The lowest BCUT2D eigenvalue weighted by Crippen LogP contribution is -2.56. The summed E-state index contributed by atoms with van der Waals surface area (Å²) in [5.74, 6) is 0.142. The van der Waals surface area contributed by atoms with Crippen LogP contribution >= 0.6 is 15.9 Å². The number of nitrogens with zero attached hydrogens (tertiary/aromatic N) is 2. The summed E-state index contributed by atoms with van der Waals surface area (Å²) in [7, 11) is 0. The van der Waals surface area contributed by atoms with Crippen LogP contribution in [0.2, 0.25) is 0 Å². The van der Waals surface area contributed by atoms with E-state index in [1.165, 1.54) is 11.1 Å². The monoisotopic (exact) mass is 424 g/mol. The molecule has 0 saturated carbocycles. The highest BCUT2D eigenvalue weighted by atomic mass is 79.9. The molecule has 1 aromatic rings. The summed E-state index contributed by atoms with van der Waals surface area (Å²) in [6.45, 7) is 11.2. The van der Waals surface area contributed by atoms with Gasteiger partial charge in [-0.2, -0.15) is 0 Å². The molecular weight excluding hydrogens is 396 g/mol. The molecule has 1 atom stereocenters. The Hall–Kier alpha value is -1.56. The minimum Gasteiger partial charge on any atom is -0.444 e. The molecule has 2 rings (SSSR count). The fraction of sp³-hybridized carbons (Fsp3) is 0.600. The normalized spacial score (nSPS) is 18.0. The minimum absolute atomic E-state index is 0.00483. The maximum atomic E-state index is 12.6. The molecule has 144 valence electrons. The van der Waals surface area contributed by atoms with Crippen LogP contribution in [0.3, 0.4) is 0 Å². The van der Waals surface area contributed by atoms with E-state index in [0.717, 1.165) is 10.9 Å². The van der Waals surface area contributed by atoms with Gasteiger partial charge in [-0.05, 0) is 64.3 Å². The van der Waals surface area contributed by atoms with Gasteiger partial charge in [0, 0.05) is 36.6 Å². The molecule has 2 amide bonds. The molecule has 26 heavy (non-hydrogen) atoms. The first-order valence-electron chi connectivity index (χ1n) is 9.09. The molecule has 5 nitrogen and oxygen atoms in total. The molecule has 0 radical (unpaired) electrons. The van der Waals surface area contributed by atoms with Crippen LogP contribution in [0.25, 0.3) is 0 Å². The van der Waals surface area contributed by atoms with Crippen molar-refractivity contribution in [1.29, 1.82) is 0 Å². The summed E-state index contributed by atoms with van der Waals surface area (Å²) in [5.41, 5.74) is 1.88. The Morgan fingerprint density at radius 2 is 1.96 bits per heavy atom. The molecule has 1 saturated heterocycles. The Morgan fingerprint density at radius 3 is 2.54 bits per heavy atom. The molecule has 1 aromatic carbocycles. The Labute approximate surface area is 164 Å². The van der Waals surface area contributed by atoms with Gasteiger partial charge in [-0.1, -0.05) is 22.0 Å². The van der Waals surface area contributed by atoms with Gasteiger partial charge in [-0.25, -0.2) is 4.79 Å². The highest BCUT2D eigenvalue weighted by Crippen LogP contribution is 2.19. The Balaban J connectivity index is 1.88. The first-order valence-corrected chi connectivity index (χ1v) is 9.88. The molecule has 1 aliphatic heterocycles. The number of aryl methyl sites for hydroxylation is 2. The largest absolute Gasteiger partial charge is 0.444 e. The number of hydrogen-bond donors (Lipinski definition) is 0. The van der Waals surface area contributed by atoms with Crippen LogP contribution in [-0.4, -0.2) is 53.1 Å². The van der Waals surface area contributed by atoms with Gasteiger partial charge < -0.3 is 14.5 Å². The third-order valence-corrected chi connectivity index (χ3v) is 5.01. The maximum Gasteiger partial charge on any atom is 0.410 e. The highest BCUT2D eigenvalue weighted by Gasteiger charge is 2.31. The van der Waals surface area contributed by atoms with Gasteiger partial charge in [0.2, 0.25) is 5.91 Å². The van der Waals surface area contributed by atoms with E-state index < -0.39 is 5.60 Å². The Morgan fingerprint density at radius 1 is 1.27 bits per heavy atom. The molecule has 6 heteroatoms. The van der Waals surface area contributed by atoms with E-state index in [4.69, 9.17) is 4.74 Å². The van der Waals surface area contributed by atoms with E-state index in [1.54, 1.807) is 4.90 Å². The second-order valence-electron chi connectivity index (χ2n) is 7.93. The first kappa shape index (κ1) is 20.7. The van der Waals surface area contributed by atoms with Crippen LogP contribution in [0.15, 0.2) is 22.7 Å². The van der Waals surface area contributed by atoms with Gasteiger partial charge in [0.05, 0.1) is 0 Å². The predicted octanol–water partition coefficient (Wildman–Crippen LogP) is 4.16. The third kappa shape index (κ3) is 5.73. The van der Waals surface area contributed by atoms with Gasteiger partial charge in [-0.3, -0.25) is 4.79 Å². The summed E-state index contributed by atoms with van der Waals surface area (Å²) in [6, 6.07) is 6.14. The topological polar surface area (TPSA) is 49.9 Å². The van der Waals surface area contributed by atoms with E-state index in [0.29, 0.717) is 26.1 Å². The maximum absolute atomic E-state index is 12.6. The van der Waals surface area contributed by atoms with Crippen LogP contribution in [-0.2, 0) is 16.0 Å². The standard InChI is InChI=1S/C20H29BrN2O3/c1-14-12-17(21)8-6-16(14)7-9-18(24)23-11-10-22(13-15(23)2)19(25)26-20(3,4)5/h6,8,12,15H,7,9-11,13H2,1-5H3. The quantitative estimate of drug-likeness (QED) is 0.731. The summed E-state index contributed by atoms with van der Waals surface area (Å²) in [4.78, 5) is 28.4. The number of amides is 2. The highest BCUT2D eigenvalue weighted by molar-refractivity contribution is 9.10. The van der Waals surface area contributed by atoms with E-state index in [2.05, 4.69) is 35.0 Å². The number of piperazine rings is 1. The molecule has 0 bridgehead atoms. The fourth-order valence-corrected chi connectivity index (χ4v) is 3.62. The van der Waals surface area contributed by atoms with Gasteiger partial charge in [0.1, 0.15) is 5.60 Å².